The molecule has 3 nitrogen and oxygen atoms in total. The predicted octanol–water partition coefficient (Wildman–Crippen LogP) is 2.84. The third-order valence-corrected chi connectivity index (χ3v) is 3.05. The van der Waals surface area contributed by atoms with Crippen molar-refractivity contribution in [2.24, 2.45) is 5.92 Å². The lowest BCUT2D eigenvalue weighted by Gasteiger charge is -2.18. The SMILES string of the molecule is CC[C@H](CN[C@H](C)c1ccccc1)CC(=O)O. The first-order chi connectivity index (χ1) is 8.13. The molecule has 0 aliphatic heterocycles. The Kier molecular flexibility index (Phi) is 5.70. The molecule has 1 aromatic rings. The molecule has 0 bridgehead atoms. The lowest BCUT2D eigenvalue weighted by atomic mass is 10.0. The minimum absolute atomic E-state index is 0.207. The Morgan fingerprint density at radius 3 is 2.53 bits per heavy atom. The van der Waals surface area contributed by atoms with Crippen LogP contribution >= 0.6 is 0 Å². The summed E-state index contributed by atoms with van der Waals surface area (Å²) in [5, 5.41) is 12.2. The smallest absolute Gasteiger partial charge is 0.303 e. The lowest BCUT2D eigenvalue weighted by Crippen LogP contribution is -2.26. The van der Waals surface area contributed by atoms with Crippen molar-refractivity contribution in [1.82, 2.24) is 5.32 Å². The van der Waals surface area contributed by atoms with E-state index in [-0.39, 0.29) is 18.4 Å². The van der Waals surface area contributed by atoms with Gasteiger partial charge >= 0.3 is 5.97 Å². The number of carboxylic acid groups (broad SMARTS) is 1. The fraction of sp³-hybridized carbons (Fsp3) is 0.500. The predicted molar refractivity (Wildman–Crippen MR) is 68.9 cm³/mol. The van der Waals surface area contributed by atoms with Gasteiger partial charge in [0.25, 0.3) is 0 Å². The van der Waals surface area contributed by atoms with E-state index in [1.165, 1.54) is 5.56 Å². The lowest BCUT2D eigenvalue weighted by molar-refractivity contribution is -0.138. The molecular weight excluding hydrogens is 214 g/mol. The molecule has 1 rings (SSSR count). The largest absolute Gasteiger partial charge is 0.481 e. The maximum atomic E-state index is 10.7. The number of rotatable bonds is 7. The minimum atomic E-state index is -0.717. The monoisotopic (exact) mass is 235 g/mol. The molecule has 1 aromatic carbocycles. The third kappa shape index (κ3) is 5.00. The van der Waals surface area contributed by atoms with Crippen molar-refractivity contribution in [1.29, 1.82) is 0 Å². The molecule has 2 atom stereocenters. The van der Waals surface area contributed by atoms with Crippen LogP contribution in [0.25, 0.3) is 0 Å². The van der Waals surface area contributed by atoms with Gasteiger partial charge in [-0.05, 0) is 24.9 Å². The topological polar surface area (TPSA) is 49.3 Å². The van der Waals surface area contributed by atoms with Gasteiger partial charge in [-0.15, -0.1) is 0 Å². The number of carboxylic acids is 1. The second-order valence-electron chi connectivity index (χ2n) is 4.41. The molecule has 17 heavy (non-hydrogen) atoms. The second kappa shape index (κ2) is 7.07. The van der Waals surface area contributed by atoms with Gasteiger partial charge in [0.15, 0.2) is 0 Å². The summed E-state index contributed by atoms with van der Waals surface area (Å²) in [6.45, 7) is 4.88. The highest BCUT2D eigenvalue weighted by Crippen LogP contribution is 2.13. The summed E-state index contributed by atoms with van der Waals surface area (Å²) in [5.41, 5.74) is 1.23. The number of benzene rings is 1. The summed E-state index contributed by atoms with van der Waals surface area (Å²) in [7, 11) is 0. The van der Waals surface area contributed by atoms with Crippen LogP contribution in [0, 0.1) is 5.92 Å². The molecule has 0 spiro atoms. The fourth-order valence-electron chi connectivity index (χ4n) is 1.81. The van der Waals surface area contributed by atoms with Crippen molar-refractivity contribution in [2.45, 2.75) is 32.7 Å². The van der Waals surface area contributed by atoms with Gasteiger partial charge < -0.3 is 10.4 Å². The first-order valence-electron chi connectivity index (χ1n) is 6.13. The van der Waals surface area contributed by atoms with E-state index in [4.69, 9.17) is 5.11 Å². The zero-order valence-corrected chi connectivity index (χ0v) is 10.5. The van der Waals surface area contributed by atoms with Crippen LogP contribution in [0.15, 0.2) is 30.3 Å². The van der Waals surface area contributed by atoms with E-state index in [9.17, 15) is 4.79 Å². The summed E-state index contributed by atoms with van der Waals surface area (Å²) >= 11 is 0. The fourth-order valence-corrected chi connectivity index (χ4v) is 1.81. The van der Waals surface area contributed by atoms with E-state index < -0.39 is 5.97 Å². The Labute approximate surface area is 103 Å². The molecule has 0 aliphatic rings. The molecule has 0 fully saturated rings. The van der Waals surface area contributed by atoms with Crippen LogP contribution in [0.4, 0.5) is 0 Å². The van der Waals surface area contributed by atoms with E-state index in [2.05, 4.69) is 24.4 Å². The molecule has 0 heterocycles. The average molecular weight is 235 g/mol. The van der Waals surface area contributed by atoms with Gasteiger partial charge in [0.2, 0.25) is 0 Å². The standard InChI is InChI=1S/C14H21NO2/c1-3-12(9-14(16)17)10-15-11(2)13-7-5-4-6-8-13/h4-8,11-12,15H,3,9-10H2,1-2H3,(H,16,17)/t11-,12+/m1/s1. The quantitative estimate of drug-likeness (QED) is 0.764. The Morgan fingerprint density at radius 2 is 2.00 bits per heavy atom. The van der Waals surface area contributed by atoms with Crippen LogP contribution in [-0.2, 0) is 4.79 Å². The third-order valence-electron chi connectivity index (χ3n) is 3.05. The van der Waals surface area contributed by atoms with Crippen LogP contribution in [0.1, 0.15) is 38.3 Å². The van der Waals surface area contributed by atoms with E-state index in [0.29, 0.717) is 0 Å². The van der Waals surface area contributed by atoms with Gasteiger partial charge in [-0.1, -0.05) is 43.7 Å². The number of hydrogen-bond donors (Lipinski definition) is 2. The van der Waals surface area contributed by atoms with Gasteiger partial charge in [-0.3, -0.25) is 4.79 Å². The Hall–Kier alpha value is -1.35. The molecule has 0 saturated carbocycles. The molecule has 0 radical (unpaired) electrons. The first-order valence-corrected chi connectivity index (χ1v) is 6.13. The van der Waals surface area contributed by atoms with Gasteiger partial charge in [-0.25, -0.2) is 0 Å². The van der Waals surface area contributed by atoms with E-state index in [1.54, 1.807) is 0 Å². The van der Waals surface area contributed by atoms with Crippen molar-refractivity contribution in [3.8, 4) is 0 Å². The maximum Gasteiger partial charge on any atom is 0.303 e. The zero-order valence-electron chi connectivity index (χ0n) is 10.5. The second-order valence-corrected chi connectivity index (χ2v) is 4.41. The summed E-state index contributed by atoms with van der Waals surface area (Å²) in [5.74, 6) is -0.510. The number of hydrogen-bond acceptors (Lipinski definition) is 2. The van der Waals surface area contributed by atoms with Crippen LogP contribution in [0.3, 0.4) is 0 Å². The van der Waals surface area contributed by atoms with Crippen LogP contribution < -0.4 is 5.32 Å². The molecule has 0 aliphatic carbocycles. The Balaban J connectivity index is 2.41. The van der Waals surface area contributed by atoms with Crippen molar-refractivity contribution >= 4 is 5.97 Å². The van der Waals surface area contributed by atoms with Crippen molar-refractivity contribution in [3.63, 3.8) is 0 Å². The van der Waals surface area contributed by atoms with Gasteiger partial charge in [0.1, 0.15) is 0 Å². The molecule has 2 N–H and O–H groups in total. The van der Waals surface area contributed by atoms with E-state index >= 15 is 0 Å². The summed E-state index contributed by atoms with van der Waals surface area (Å²) in [6, 6.07) is 10.4. The molecule has 0 unspecified atom stereocenters. The highest BCUT2D eigenvalue weighted by Gasteiger charge is 2.12. The molecule has 94 valence electrons. The van der Waals surface area contributed by atoms with Crippen LogP contribution in [-0.4, -0.2) is 17.6 Å². The number of aliphatic carboxylic acids is 1. The number of nitrogens with one attached hydrogen (secondary N) is 1. The minimum Gasteiger partial charge on any atom is -0.481 e. The molecule has 0 amide bonds. The van der Waals surface area contributed by atoms with E-state index in [1.807, 2.05) is 25.1 Å². The Bertz CT molecular complexity index is 337. The molecule has 3 heteroatoms. The van der Waals surface area contributed by atoms with Crippen molar-refractivity contribution < 1.29 is 9.90 Å². The number of carbonyl (C=O) groups is 1. The zero-order chi connectivity index (χ0) is 12.7. The summed E-state index contributed by atoms with van der Waals surface area (Å²) < 4.78 is 0. The first kappa shape index (κ1) is 13.7. The highest BCUT2D eigenvalue weighted by molar-refractivity contribution is 5.67. The van der Waals surface area contributed by atoms with Crippen molar-refractivity contribution in [2.75, 3.05) is 6.54 Å². The average Bonchev–Trinajstić information content (AvgIpc) is 2.34. The Morgan fingerprint density at radius 1 is 1.35 bits per heavy atom. The molecule has 0 aromatic heterocycles. The van der Waals surface area contributed by atoms with Crippen molar-refractivity contribution in [3.05, 3.63) is 35.9 Å². The molecule has 0 saturated heterocycles. The van der Waals surface area contributed by atoms with E-state index in [0.717, 1.165) is 13.0 Å². The van der Waals surface area contributed by atoms with Gasteiger partial charge in [0.05, 0.1) is 0 Å². The summed E-state index contributed by atoms with van der Waals surface area (Å²) in [4.78, 5) is 10.7. The van der Waals surface area contributed by atoms with Gasteiger partial charge in [-0.2, -0.15) is 0 Å². The summed E-state index contributed by atoms with van der Waals surface area (Å²) in [6.07, 6.45) is 1.13. The normalized spacial score (nSPS) is 14.2. The molecular formula is C14H21NO2. The van der Waals surface area contributed by atoms with Crippen LogP contribution in [0.2, 0.25) is 0 Å². The van der Waals surface area contributed by atoms with Gasteiger partial charge in [0, 0.05) is 12.5 Å². The highest BCUT2D eigenvalue weighted by atomic mass is 16.4. The van der Waals surface area contributed by atoms with Crippen LogP contribution in [0.5, 0.6) is 0 Å². The maximum absolute atomic E-state index is 10.7.